The third-order valence-corrected chi connectivity index (χ3v) is 4.54. The van der Waals surface area contributed by atoms with Crippen LogP contribution >= 0.6 is 0 Å². The van der Waals surface area contributed by atoms with Crippen LogP contribution in [-0.2, 0) is 0 Å². The maximum atomic E-state index is 6.39. The largest absolute Gasteiger partial charge is 0.398 e. The Morgan fingerprint density at radius 1 is 1.00 bits per heavy atom. The van der Waals surface area contributed by atoms with Crippen LogP contribution < -0.4 is 11.5 Å². The molecule has 0 bridgehead atoms. The van der Waals surface area contributed by atoms with Crippen molar-refractivity contribution in [3.05, 3.63) is 47.1 Å². The predicted molar refractivity (Wildman–Crippen MR) is 82.2 cm³/mol. The fourth-order valence-corrected chi connectivity index (χ4v) is 3.35. The molecule has 2 aliphatic carbocycles. The Morgan fingerprint density at radius 3 is 2.21 bits per heavy atom. The van der Waals surface area contributed by atoms with Gasteiger partial charge in [0.05, 0.1) is 0 Å². The molecule has 2 heteroatoms. The number of allylic oxidation sites excluding steroid dienone is 4. The second kappa shape index (κ2) is 4.76. The van der Waals surface area contributed by atoms with Gasteiger partial charge in [-0.15, -0.1) is 0 Å². The molecule has 2 atom stereocenters. The molecule has 0 aromatic heterocycles. The average molecular weight is 254 g/mol. The van der Waals surface area contributed by atoms with E-state index in [0.717, 1.165) is 29.8 Å². The molecule has 3 rings (SSSR count). The van der Waals surface area contributed by atoms with Gasteiger partial charge < -0.3 is 11.5 Å². The van der Waals surface area contributed by atoms with Crippen molar-refractivity contribution in [2.75, 3.05) is 11.5 Å². The van der Waals surface area contributed by atoms with Gasteiger partial charge in [0.1, 0.15) is 0 Å². The molecular formula is C17H22N2. The Bertz CT molecular complexity index is 555. The molecule has 0 heterocycles. The number of nitrogen functional groups attached to an aromatic ring is 2. The van der Waals surface area contributed by atoms with Crippen molar-refractivity contribution in [1.82, 2.24) is 0 Å². The summed E-state index contributed by atoms with van der Waals surface area (Å²) in [5.74, 6) is 0.970. The van der Waals surface area contributed by atoms with Gasteiger partial charge in [0.2, 0.25) is 0 Å². The van der Waals surface area contributed by atoms with Crippen LogP contribution in [0.15, 0.2) is 30.4 Å². The molecule has 1 aromatic carbocycles. The van der Waals surface area contributed by atoms with E-state index in [1.807, 2.05) is 6.92 Å². The Balaban J connectivity index is 2.15. The Labute approximate surface area is 115 Å². The molecule has 2 aliphatic rings. The molecule has 0 aliphatic heterocycles. The van der Waals surface area contributed by atoms with Gasteiger partial charge >= 0.3 is 0 Å². The van der Waals surface area contributed by atoms with Crippen molar-refractivity contribution in [1.29, 1.82) is 0 Å². The zero-order valence-electron chi connectivity index (χ0n) is 11.5. The van der Waals surface area contributed by atoms with E-state index in [0.29, 0.717) is 11.8 Å². The van der Waals surface area contributed by atoms with Gasteiger partial charge in [-0.2, -0.15) is 0 Å². The van der Waals surface area contributed by atoms with Crippen LogP contribution in [-0.4, -0.2) is 0 Å². The second-order valence-corrected chi connectivity index (χ2v) is 5.73. The van der Waals surface area contributed by atoms with Crippen LogP contribution in [0.1, 0.15) is 54.2 Å². The highest BCUT2D eigenvalue weighted by atomic mass is 14.6. The molecule has 19 heavy (non-hydrogen) atoms. The van der Waals surface area contributed by atoms with Crippen LogP contribution in [0, 0.1) is 6.92 Å². The second-order valence-electron chi connectivity index (χ2n) is 5.73. The summed E-state index contributed by atoms with van der Waals surface area (Å²) in [6.45, 7) is 2.03. The smallest absolute Gasteiger partial charge is 0.0406 e. The first-order valence-electron chi connectivity index (χ1n) is 7.20. The van der Waals surface area contributed by atoms with Crippen molar-refractivity contribution < 1.29 is 0 Å². The quantitative estimate of drug-likeness (QED) is 0.618. The molecule has 2 unspecified atom stereocenters. The molecule has 0 saturated heterocycles. The number of hydrogen-bond donors (Lipinski definition) is 2. The highest BCUT2D eigenvalue weighted by Gasteiger charge is 2.25. The molecule has 100 valence electrons. The van der Waals surface area contributed by atoms with Gasteiger partial charge in [0, 0.05) is 23.2 Å². The van der Waals surface area contributed by atoms with Crippen LogP contribution in [0.4, 0.5) is 11.4 Å². The van der Waals surface area contributed by atoms with E-state index in [1.54, 1.807) is 0 Å². The minimum absolute atomic E-state index is 0.475. The molecule has 1 aromatic rings. The Morgan fingerprint density at radius 2 is 1.63 bits per heavy atom. The number of nitrogens with two attached hydrogens (primary N) is 2. The fraction of sp³-hybridized carbons (Fsp3) is 0.412. The van der Waals surface area contributed by atoms with E-state index in [2.05, 4.69) is 30.4 Å². The zero-order chi connectivity index (χ0) is 13.4. The Hall–Kier alpha value is -1.70. The van der Waals surface area contributed by atoms with E-state index < -0.39 is 0 Å². The van der Waals surface area contributed by atoms with Crippen LogP contribution in [0.25, 0.3) is 0 Å². The SMILES string of the molecule is Cc1c(N)cc(C2C=CCC2)c(C2C=CCC2)c1N. The summed E-state index contributed by atoms with van der Waals surface area (Å²) in [4.78, 5) is 0. The normalized spacial score (nSPS) is 25.3. The first-order valence-corrected chi connectivity index (χ1v) is 7.20. The van der Waals surface area contributed by atoms with Gasteiger partial charge in [-0.25, -0.2) is 0 Å². The molecule has 2 nitrogen and oxygen atoms in total. The molecule has 4 N–H and O–H groups in total. The summed E-state index contributed by atoms with van der Waals surface area (Å²) in [6.07, 6.45) is 13.8. The molecule has 0 amide bonds. The van der Waals surface area contributed by atoms with Crippen LogP contribution in [0.5, 0.6) is 0 Å². The van der Waals surface area contributed by atoms with Gasteiger partial charge in [-0.05, 0) is 55.4 Å². The van der Waals surface area contributed by atoms with Gasteiger partial charge in [-0.1, -0.05) is 24.3 Å². The van der Waals surface area contributed by atoms with Crippen molar-refractivity contribution in [3.63, 3.8) is 0 Å². The van der Waals surface area contributed by atoms with Gasteiger partial charge in [0.15, 0.2) is 0 Å². The molecule has 0 radical (unpaired) electrons. The lowest BCUT2D eigenvalue weighted by atomic mass is 9.83. The fourth-order valence-electron chi connectivity index (χ4n) is 3.35. The number of benzene rings is 1. The highest BCUT2D eigenvalue weighted by Crippen LogP contribution is 2.43. The monoisotopic (exact) mass is 254 g/mol. The Kier molecular flexibility index (Phi) is 3.09. The van der Waals surface area contributed by atoms with E-state index in [-0.39, 0.29) is 0 Å². The minimum Gasteiger partial charge on any atom is -0.398 e. The summed E-state index contributed by atoms with van der Waals surface area (Å²) in [7, 11) is 0. The van der Waals surface area contributed by atoms with E-state index in [1.165, 1.54) is 24.0 Å². The summed E-state index contributed by atoms with van der Waals surface area (Å²) in [5, 5.41) is 0. The highest BCUT2D eigenvalue weighted by molar-refractivity contribution is 5.70. The summed E-state index contributed by atoms with van der Waals surface area (Å²) >= 11 is 0. The van der Waals surface area contributed by atoms with E-state index in [4.69, 9.17) is 11.5 Å². The van der Waals surface area contributed by atoms with Crippen LogP contribution in [0.2, 0.25) is 0 Å². The van der Waals surface area contributed by atoms with Gasteiger partial charge in [0.25, 0.3) is 0 Å². The number of hydrogen-bond acceptors (Lipinski definition) is 2. The van der Waals surface area contributed by atoms with Crippen molar-refractivity contribution in [3.8, 4) is 0 Å². The lowest BCUT2D eigenvalue weighted by Gasteiger charge is -2.23. The minimum atomic E-state index is 0.475. The third kappa shape index (κ3) is 2.05. The summed E-state index contributed by atoms with van der Waals surface area (Å²) < 4.78 is 0. The lowest BCUT2D eigenvalue weighted by molar-refractivity contribution is 0.748. The number of anilines is 2. The predicted octanol–water partition coefficient (Wildman–Crippen LogP) is 4.03. The first kappa shape index (κ1) is 12.3. The molecular weight excluding hydrogens is 232 g/mol. The van der Waals surface area contributed by atoms with Crippen molar-refractivity contribution >= 4 is 11.4 Å². The van der Waals surface area contributed by atoms with Crippen molar-refractivity contribution in [2.24, 2.45) is 0 Å². The van der Waals surface area contributed by atoms with E-state index >= 15 is 0 Å². The summed E-state index contributed by atoms with van der Waals surface area (Å²) in [6, 6.07) is 2.16. The topological polar surface area (TPSA) is 52.0 Å². The zero-order valence-corrected chi connectivity index (χ0v) is 11.5. The standard InChI is InChI=1S/C17H22N2/c1-11-15(18)10-14(12-6-2-3-7-12)16(17(11)19)13-8-4-5-9-13/h2,4,6,8,10,12-13H,3,5,7,9,18-19H2,1H3. The van der Waals surface area contributed by atoms with Crippen molar-refractivity contribution in [2.45, 2.75) is 44.4 Å². The molecule has 0 fully saturated rings. The maximum Gasteiger partial charge on any atom is 0.0406 e. The first-order chi connectivity index (χ1) is 9.18. The molecule has 0 spiro atoms. The van der Waals surface area contributed by atoms with Crippen LogP contribution in [0.3, 0.4) is 0 Å². The van der Waals surface area contributed by atoms with E-state index in [9.17, 15) is 0 Å². The van der Waals surface area contributed by atoms with Gasteiger partial charge in [-0.3, -0.25) is 0 Å². The summed E-state index contributed by atoms with van der Waals surface area (Å²) in [5.41, 5.74) is 18.0. The average Bonchev–Trinajstić information content (AvgIpc) is 3.07. The maximum absolute atomic E-state index is 6.39. The number of rotatable bonds is 2. The lowest BCUT2D eigenvalue weighted by Crippen LogP contribution is -2.10. The third-order valence-electron chi connectivity index (χ3n) is 4.54. The molecule has 0 saturated carbocycles.